The van der Waals surface area contributed by atoms with E-state index in [1.54, 1.807) is 18.2 Å². The number of pyridine rings is 1. The van der Waals surface area contributed by atoms with Crippen LogP contribution in [0.3, 0.4) is 0 Å². The quantitative estimate of drug-likeness (QED) is 0.524. The monoisotopic (exact) mass is 312 g/mol. The summed E-state index contributed by atoms with van der Waals surface area (Å²) in [7, 11) is 0. The van der Waals surface area contributed by atoms with Crippen molar-refractivity contribution >= 4 is 23.5 Å². The number of hydrogen-bond acceptors (Lipinski definition) is 4. The lowest BCUT2D eigenvalue weighted by Crippen LogP contribution is -2.35. The summed E-state index contributed by atoms with van der Waals surface area (Å²) in [6.07, 6.45) is 4.80. The second-order valence-electron chi connectivity index (χ2n) is 5.08. The molecule has 0 aliphatic heterocycles. The molecule has 2 aromatic rings. The molecular weight excluding hydrogens is 294 g/mol. The van der Waals surface area contributed by atoms with Crippen LogP contribution in [0.25, 0.3) is 0 Å². The van der Waals surface area contributed by atoms with Crippen molar-refractivity contribution in [3.05, 3.63) is 53.9 Å². The highest BCUT2D eigenvalue weighted by atomic mass is 16.5. The second kappa shape index (κ2) is 7.87. The third-order valence-electron chi connectivity index (χ3n) is 3.26. The number of aliphatic imine (C=N–C) groups is 1. The average molecular weight is 312 g/mol. The maximum absolute atomic E-state index is 11.8. The first kappa shape index (κ1) is 16.4. The van der Waals surface area contributed by atoms with Gasteiger partial charge in [0.1, 0.15) is 0 Å². The molecule has 6 nitrogen and oxygen atoms in total. The zero-order chi connectivity index (χ0) is 16.7. The molecule has 1 aromatic carbocycles. The predicted octanol–water partition coefficient (Wildman–Crippen LogP) is 2.81. The van der Waals surface area contributed by atoms with Gasteiger partial charge in [-0.1, -0.05) is 6.07 Å². The number of nitrogens with zero attached hydrogens (tertiary/aromatic N) is 2. The van der Waals surface area contributed by atoms with Gasteiger partial charge < -0.3 is 4.74 Å². The fourth-order valence-electron chi connectivity index (χ4n) is 1.94. The lowest BCUT2D eigenvalue weighted by atomic mass is 10.2. The smallest absolute Gasteiger partial charge is 0.411 e. The number of isocyanates is 1. The Labute approximate surface area is 134 Å². The SMILES string of the molecule is Cc1cc[n+](CCOC(=O)Nc2ccc(C)c(N=C=O)c2)cc1. The zero-order valence-electron chi connectivity index (χ0n) is 13.1. The Bertz CT molecular complexity index is 735. The first-order chi connectivity index (χ1) is 11.1. The van der Waals surface area contributed by atoms with Crippen LogP contribution in [-0.4, -0.2) is 18.8 Å². The van der Waals surface area contributed by atoms with E-state index < -0.39 is 6.09 Å². The number of amides is 1. The Morgan fingerprint density at radius 3 is 2.70 bits per heavy atom. The van der Waals surface area contributed by atoms with Crippen LogP contribution < -0.4 is 9.88 Å². The number of aryl methyl sites for hydroxylation is 2. The lowest BCUT2D eigenvalue weighted by molar-refractivity contribution is -0.697. The summed E-state index contributed by atoms with van der Waals surface area (Å²) in [4.78, 5) is 25.7. The molecule has 1 aromatic heterocycles. The standard InChI is InChI=1S/C17H17N3O3/c1-13-5-7-20(8-6-13)9-10-23-17(22)19-15-4-3-14(2)16(11-15)18-12-21/h3-8,11H,9-10H2,1-2H3/p+1. The first-order valence-corrected chi connectivity index (χ1v) is 7.16. The van der Waals surface area contributed by atoms with Crippen LogP contribution in [0.2, 0.25) is 0 Å². The first-order valence-electron chi connectivity index (χ1n) is 7.16. The molecule has 1 heterocycles. The summed E-state index contributed by atoms with van der Waals surface area (Å²) < 4.78 is 7.06. The van der Waals surface area contributed by atoms with E-state index in [9.17, 15) is 9.59 Å². The Morgan fingerprint density at radius 1 is 1.26 bits per heavy atom. The number of carbonyl (C=O) groups excluding carboxylic acids is 2. The largest absolute Gasteiger partial charge is 0.443 e. The van der Waals surface area contributed by atoms with Crippen LogP contribution >= 0.6 is 0 Å². The molecule has 0 atom stereocenters. The van der Waals surface area contributed by atoms with E-state index >= 15 is 0 Å². The van der Waals surface area contributed by atoms with E-state index in [4.69, 9.17) is 4.74 Å². The maximum atomic E-state index is 11.8. The average Bonchev–Trinajstić information content (AvgIpc) is 2.53. The topological polar surface area (TPSA) is 71.6 Å². The van der Waals surface area contributed by atoms with Crippen LogP contribution in [0.1, 0.15) is 11.1 Å². The van der Waals surface area contributed by atoms with Crippen molar-refractivity contribution in [1.82, 2.24) is 0 Å². The number of hydrogen-bond donors (Lipinski definition) is 1. The Morgan fingerprint density at radius 2 is 2.00 bits per heavy atom. The van der Waals surface area contributed by atoms with Gasteiger partial charge in [0.15, 0.2) is 25.5 Å². The number of rotatable bonds is 5. The van der Waals surface area contributed by atoms with Crippen molar-refractivity contribution in [2.75, 3.05) is 11.9 Å². The van der Waals surface area contributed by atoms with E-state index in [1.807, 2.05) is 42.9 Å². The Balaban J connectivity index is 1.86. The third-order valence-corrected chi connectivity index (χ3v) is 3.26. The highest BCUT2D eigenvalue weighted by molar-refractivity contribution is 5.85. The van der Waals surface area contributed by atoms with Gasteiger partial charge >= 0.3 is 6.09 Å². The van der Waals surface area contributed by atoms with Gasteiger partial charge in [0.25, 0.3) is 0 Å². The number of benzene rings is 1. The molecule has 6 heteroatoms. The molecule has 0 saturated heterocycles. The summed E-state index contributed by atoms with van der Waals surface area (Å²) >= 11 is 0. The molecule has 0 fully saturated rings. The van der Waals surface area contributed by atoms with E-state index in [-0.39, 0.29) is 6.61 Å². The molecular formula is C17H18N3O3+. The van der Waals surface area contributed by atoms with Crippen molar-refractivity contribution in [3.8, 4) is 0 Å². The summed E-state index contributed by atoms with van der Waals surface area (Å²) in [5, 5.41) is 2.60. The Hall–Kier alpha value is -2.98. The molecule has 1 N–H and O–H groups in total. The van der Waals surface area contributed by atoms with Crippen LogP contribution in [0.5, 0.6) is 0 Å². The van der Waals surface area contributed by atoms with Crippen molar-refractivity contribution in [3.63, 3.8) is 0 Å². The summed E-state index contributed by atoms with van der Waals surface area (Å²) in [6, 6.07) is 9.04. The lowest BCUT2D eigenvalue weighted by Gasteiger charge is -2.07. The second-order valence-corrected chi connectivity index (χ2v) is 5.08. The van der Waals surface area contributed by atoms with Gasteiger partial charge in [0.2, 0.25) is 6.08 Å². The third kappa shape index (κ3) is 5.05. The molecule has 23 heavy (non-hydrogen) atoms. The van der Waals surface area contributed by atoms with Gasteiger partial charge in [-0.2, -0.15) is 4.99 Å². The zero-order valence-corrected chi connectivity index (χ0v) is 13.1. The van der Waals surface area contributed by atoms with Crippen LogP contribution in [0, 0.1) is 13.8 Å². The molecule has 2 rings (SSSR count). The summed E-state index contributed by atoms with van der Waals surface area (Å²) in [6.45, 7) is 4.66. The summed E-state index contributed by atoms with van der Waals surface area (Å²) in [5.41, 5.74) is 2.97. The van der Waals surface area contributed by atoms with Crippen LogP contribution in [0.4, 0.5) is 16.2 Å². The molecule has 0 bridgehead atoms. The molecule has 0 spiro atoms. The minimum absolute atomic E-state index is 0.255. The van der Waals surface area contributed by atoms with Crippen molar-refractivity contribution in [2.45, 2.75) is 20.4 Å². The van der Waals surface area contributed by atoms with Gasteiger partial charge in [0.05, 0.1) is 5.69 Å². The number of anilines is 1. The minimum atomic E-state index is -0.553. The van der Waals surface area contributed by atoms with E-state index in [0.717, 1.165) is 5.56 Å². The van der Waals surface area contributed by atoms with Crippen molar-refractivity contribution < 1.29 is 18.9 Å². The maximum Gasteiger partial charge on any atom is 0.411 e. The van der Waals surface area contributed by atoms with Gasteiger partial charge in [-0.05, 0) is 37.1 Å². The molecule has 1 amide bonds. The minimum Gasteiger partial charge on any atom is -0.443 e. The van der Waals surface area contributed by atoms with E-state index in [1.165, 1.54) is 11.6 Å². The van der Waals surface area contributed by atoms with Gasteiger partial charge in [0, 0.05) is 17.8 Å². The Kier molecular flexibility index (Phi) is 5.61. The molecule has 0 radical (unpaired) electrons. The van der Waals surface area contributed by atoms with Crippen LogP contribution in [-0.2, 0) is 16.1 Å². The number of aromatic nitrogens is 1. The number of nitrogens with one attached hydrogen (secondary N) is 1. The number of ether oxygens (including phenoxy) is 1. The molecule has 118 valence electrons. The normalized spacial score (nSPS) is 9.83. The molecule has 0 unspecified atom stereocenters. The fourth-order valence-corrected chi connectivity index (χ4v) is 1.94. The van der Waals surface area contributed by atoms with Gasteiger partial charge in [-0.25, -0.2) is 14.2 Å². The van der Waals surface area contributed by atoms with E-state index in [2.05, 4.69) is 10.3 Å². The molecule has 0 aliphatic carbocycles. The highest BCUT2D eigenvalue weighted by Crippen LogP contribution is 2.22. The molecule has 0 aliphatic rings. The van der Waals surface area contributed by atoms with Gasteiger partial charge in [-0.3, -0.25) is 5.32 Å². The highest BCUT2D eigenvalue weighted by Gasteiger charge is 2.07. The molecule has 0 saturated carbocycles. The summed E-state index contributed by atoms with van der Waals surface area (Å²) in [5.74, 6) is 0. The van der Waals surface area contributed by atoms with Crippen LogP contribution in [0.15, 0.2) is 47.7 Å². The number of carbonyl (C=O) groups is 1. The van der Waals surface area contributed by atoms with E-state index in [0.29, 0.717) is 17.9 Å². The van der Waals surface area contributed by atoms with Crippen molar-refractivity contribution in [2.24, 2.45) is 4.99 Å². The predicted molar refractivity (Wildman–Crippen MR) is 85.3 cm³/mol. The fraction of sp³-hybridized carbons (Fsp3) is 0.235. The van der Waals surface area contributed by atoms with Crippen molar-refractivity contribution in [1.29, 1.82) is 0 Å². The van der Waals surface area contributed by atoms with Gasteiger partial charge in [-0.15, -0.1) is 0 Å².